The monoisotopic (exact) mass is 354 g/mol. The van der Waals surface area contributed by atoms with Gasteiger partial charge in [-0.25, -0.2) is 9.78 Å². The van der Waals surface area contributed by atoms with Crippen molar-refractivity contribution < 1.29 is 14.3 Å². The van der Waals surface area contributed by atoms with Crippen LogP contribution in [0.15, 0.2) is 42.5 Å². The second-order valence-corrected chi connectivity index (χ2v) is 6.60. The number of nitrogens with one attached hydrogen (secondary N) is 1. The van der Waals surface area contributed by atoms with E-state index in [4.69, 9.17) is 4.74 Å². The number of ether oxygens (including phenoxy) is 1. The van der Waals surface area contributed by atoms with Gasteiger partial charge in [-0.15, -0.1) is 0 Å². The standard InChI is InChI=1S/C19H18N2O3S/c1-3-24-18(23)14-8-9-15-17(10-14)25-19(21-15)20-11-16(22)13-6-4-12(2)5-7-13/h4-10H,3,11H2,1-2H3,(H,20,21). The van der Waals surface area contributed by atoms with Crippen molar-refractivity contribution in [1.29, 1.82) is 0 Å². The van der Waals surface area contributed by atoms with Crippen LogP contribution < -0.4 is 5.32 Å². The van der Waals surface area contributed by atoms with Crippen LogP contribution in [0.25, 0.3) is 10.2 Å². The van der Waals surface area contributed by atoms with Crippen molar-refractivity contribution in [3.63, 3.8) is 0 Å². The second-order valence-electron chi connectivity index (χ2n) is 5.56. The third-order valence-electron chi connectivity index (χ3n) is 3.67. The highest BCUT2D eigenvalue weighted by Crippen LogP contribution is 2.27. The molecule has 0 aliphatic heterocycles. The second kappa shape index (κ2) is 7.44. The molecule has 0 saturated heterocycles. The molecule has 0 atom stereocenters. The molecule has 0 aliphatic carbocycles. The van der Waals surface area contributed by atoms with Crippen LogP contribution in [0.2, 0.25) is 0 Å². The molecular weight excluding hydrogens is 336 g/mol. The molecule has 0 radical (unpaired) electrons. The van der Waals surface area contributed by atoms with Gasteiger partial charge in [-0.1, -0.05) is 41.2 Å². The molecule has 1 N–H and O–H groups in total. The minimum Gasteiger partial charge on any atom is -0.462 e. The number of hydrogen-bond acceptors (Lipinski definition) is 6. The van der Waals surface area contributed by atoms with Crippen molar-refractivity contribution in [3.05, 3.63) is 59.2 Å². The van der Waals surface area contributed by atoms with Gasteiger partial charge < -0.3 is 10.1 Å². The minimum absolute atomic E-state index is 0.00599. The molecule has 6 heteroatoms. The Morgan fingerprint density at radius 2 is 1.84 bits per heavy atom. The van der Waals surface area contributed by atoms with Gasteiger partial charge in [0.25, 0.3) is 0 Å². The number of carbonyl (C=O) groups excluding carboxylic acids is 2. The molecule has 1 aromatic heterocycles. The molecule has 0 aliphatic rings. The van der Waals surface area contributed by atoms with E-state index in [-0.39, 0.29) is 18.3 Å². The van der Waals surface area contributed by atoms with E-state index in [1.165, 1.54) is 11.3 Å². The molecule has 0 amide bonds. The van der Waals surface area contributed by atoms with Gasteiger partial charge in [0.15, 0.2) is 10.9 Å². The topological polar surface area (TPSA) is 68.3 Å². The van der Waals surface area contributed by atoms with Gasteiger partial charge in [0.2, 0.25) is 0 Å². The van der Waals surface area contributed by atoms with E-state index in [2.05, 4.69) is 10.3 Å². The molecule has 3 rings (SSSR count). The van der Waals surface area contributed by atoms with Gasteiger partial charge in [0.05, 0.1) is 28.9 Å². The lowest BCUT2D eigenvalue weighted by atomic mass is 10.1. The van der Waals surface area contributed by atoms with Crippen molar-refractivity contribution in [3.8, 4) is 0 Å². The third-order valence-corrected chi connectivity index (χ3v) is 4.65. The molecule has 5 nitrogen and oxygen atoms in total. The van der Waals surface area contributed by atoms with Gasteiger partial charge in [0, 0.05) is 5.56 Å². The Bertz CT molecular complexity index is 916. The summed E-state index contributed by atoms with van der Waals surface area (Å²) in [4.78, 5) is 28.4. The maximum Gasteiger partial charge on any atom is 0.338 e. The van der Waals surface area contributed by atoms with Crippen molar-refractivity contribution in [2.45, 2.75) is 13.8 Å². The lowest BCUT2D eigenvalue weighted by Gasteiger charge is -2.02. The van der Waals surface area contributed by atoms with E-state index >= 15 is 0 Å². The number of aryl methyl sites for hydroxylation is 1. The first kappa shape index (κ1) is 17.1. The summed E-state index contributed by atoms with van der Waals surface area (Å²) >= 11 is 1.40. The first-order chi connectivity index (χ1) is 12.1. The van der Waals surface area contributed by atoms with Crippen LogP contribution in [0.4, 0.5) is 5.13 Å². The van der Waals surface area contributed by atoms with Crippen LogP contribution in [0.1, 0.15) is 33.2 Å². The summed E-state index contributed by atoms with van der Waals surface area (Å²) in [7, 11) is 0. The molecule has 0 fully saturated rings. The van der Waals surface area contributed by atoms with Crippen LogP contribution >= 0.6 is 11.3 Å². The molecule has 2 aromatic carbocycles. The van der Waals surface area contributed by atoms with Crippen LogP contribution in [0.5, 0.6) is 0 Å². The van der Waals surface area contributed by atoms with Gasteiger partial charge in [-0.05, 0) is 32.0 Å². The molecular formula is C19H18N2O3S. The molecule has 0 spiro atoms. The Morgan fingerprint density at radius 1 is 1.12 bits per heavy atom. The summed E-state index contributed by atoms with van der Waals surface area (Å²) in [6.45, 7) is 4.27. The zero-order valence-electron chi connectivity index (χ0n) is 14.0. The summed E-state index contributed by atoms with van der Waals surface area (Å²) in [6, 6.07) is 12.7. The first-order valence-electron chi connectivity index (χ1n) is 7.98. The molecule has 25 heavy (non-hydrogen) atoms. The van der Waals surface area contributed by atoms with Gasteiger partial charge in [-0.2, -0.15) is 0 Å². The van der Waals surface area contributed by atoms with E-state index in [1.807, 2.05) is 31.2 Å². The average Bonchev–Trinajstić information content (AvgIpc) is 3.02. The van der Waals surface area contributed by atoms with E-state index < -0.39 is 0 Å². The molecule has 0 bridgehead atoms. The van der Waals surface area contributed by atoms with Crippen LogP contribution in [0, 0.1) is 6.92 Å². The van der Waals surface area contributed by atoms with Gasteiger partial charge >= 0.3 is 5.97 Å². The number of ketones is 1. The molecule has 1 heterocycles. The minimum atomic E-state index is -0.346. The van der Waals surface area contributed by atoms with E-state index in [9.17, 15) is 9.59 Å². The smallest absolute Gasteiger partial charge is 0.338 e. The predicted octanol–water partition coefficient (Wildman–Crippen LogP) is 4.08. The van der Waals surface area contributed by atoms with E-state index in [0.29, 0.717) is 22.9 Å². The summed E-state index contributed by atoms with van der Waals surface area (Å²) < 4.78 is 5.88. The predicted molar refractivity (Wildman–Crippen MR) is 99.6 cm³/mol. The quantitative estimate of drug-likeness (QED) is 0.534. The molecule has 128 valence electrons. The Morgan fingerprint density at radius 3 is 2.56 bits per heavy atom. The number of rotatable bonds is 6. The largest absolute Gasteiger partial charge is 0.462 e. The number of benzene rings is 2. The molecule has 0 unspecified atom stereocenters. The fraction of sp³-hybridized carbons (Fsp3) is 0.211. The number of fused-ring (bicyclic) bond motifs is 1. The zero-order chi connectivity index (χ0) is 17.8. The van der Waals surface area contributed by atoms with Crippen molar-refractivity contribution >= 4 is 38.4 Å². The highest BCUT2D eigenvalue weighted by atomic mass is 32.1. The summed E-state index contributed by atoms with van der Waals surface area (Å²) in [5.74, 6) is -0.340. The van der Waals surface area contributed by atoms with Crippen molar-refractivity contribution in [1.82, 2.24) is 4.98 Å². The van der Waals surface area contributed by atoms with Crippen LogP contribution in [-0.4, -0.2) is 29.9 Å². The van der Waals surface area contributed by atoms with Gasteiger partial charge in [-0.3, -0.25) is 4.79 Å². The third kappa shape index (κ3) is 4.03. The Balaban J connectivity index is 1.70. The number of esters is 1. The fourth-order valence-corrected chi connectivity index (χ4v) is 3.24. The van der Waals surface area contributed by atoms with Crippen LogP contribution in [0.3, 0.4) is 0 Å². The maximum absolute atomic E-state index is 12.2. The lowest BCUT2D eigenvalue weighted by molar-refractivity contribution is 0.0526. The van der Waals surface area contributed by atoms with E-state index in [1.54, 1.807) is 25.1 Å². The normalized spacial score (nSPS) is 10.6. The van der Waals surface area contributed by atoms with Crippen molar-refractivity contribution in [2.75, 3.05) is 18.5 Å². The Kier molecular flexibility index (Phi) is 5.09. The van der Waals surface area contributed by atoms with Gasteiger partial charge in [0.1, 0.15) is 0 Å². The number of anilines is 1. The number of thiazole rings is 1. The highest BCUT2D eigenvalue weighted by molar-refractivity contribution is 7.22. The number of hydrogen-bond donors (Lipinski definition) is 1. The first-order valence-corrected chi connectivity index (χ1v) is 8.80. The van der Waals surface area contributed by atoms with Crippen LogP contribution in [-0.2, 0) is 4.74 Å². The Hall–Kier alpha value is -2.73. The summed E-state index contributed by atoms with van der Waals surface area (Å²) in [6.07, 6.45) is 0. The van der Waals surface area contributed by atoms with E-state index in [0.717, 1.165) is 15.8 Å². The highest BCUT2D eigenvalue weighted by Gasteiger charge is 2.11. The Labute approximate surface area is 149 Å². The SMILES string of the molecule is CCOC(=O)c1ccc2nc(NCC(=O)c3ccc(C)cc3)sc2c1. The molecule has 0 saturated carbocycles. The number of carbonyl (C=O) groups is 2. The fourth-order valence-electron chi connectivity index (χ4n) is 2.34. The number of nitrogens with zero attached hydrogens (tertiary/aromatic N) is 1. The molecule has 3 aromatic rings. The lowest BCUT2D eigenvalue weighted by Crippen LogP contribution is -2.13. The summed E-state index contributed by atoms with van der Waals surface area (Å²) in [5, 5.41) is 3.71. The maximum atomic E-state index is 12.2. The number of Topliss-reactive ketones (excluding diaryl/α,β-unsaturated/α-hetero) is 1. The zero-order valence-corrected chi connectivity index (χ0v) is 14.9. The summed E-state index contributed by atoms with van der Waals surface area (Å²) in [5.41, 5.74) is 3.07. The average molecular weight is 354 g/mol. The van der Waals surface area contributed by atoms with Crippen molar-refractivity contribution in [2.24, 2.45) is 0 Å². The number of aromatic nitrogens is 1.